The van der Waals surface area contributed by atoms with Gasteiger partial charge >= 0.3 is 10.4 Å². The third kappa shape index (κ3) is 6.08. The predicted octanol–water partition coefficient (Wildman–Crippen LogP) is -0.840. The first-order valence-electron chi connectivity index (χ1n) is 3.30. The van der Waals surface area contributed by atoms with Crippen molar-refractivity contribution >= 4 is 16.3 Å². The van der Waals surface area contributed by atoms with E-state index in [0.717, 1.165) is 0 Å². The Morgan fingerprint density at radius 2 is 2.00 bits per heavy atom. The van der Waals surface area contributed by atoms with Gasteiger partial charge in [0, 0.05) is 0 Å². The van der Waals surface area contributed by atoms with Crippen molar-refractivity contribution in [3.8, 4) is 0 Å². The Hall–Kier alpha value is -0.660. The number of primary amides is 1. The standard InChI is InChI=1S/C5H11NO5S/c1-2-10-12(8,9)11-4-3-5(6)7/h2-4H2,1H3,(H2,6,7). The van der Waals surface area contributed by atoms with Crippen molar-refractivity contribution < 1.29 is 21.6 Å². The van der Waals surface area contributed by atoms with Crippen molar-refractivity contribution in [2.45, 2.75) is 13.3 Å². The van der Waals surface area contributed by atoms with Crippen molar-refractivity contribution in [1.82, 2.24) is 0 Å². The molecule has 0 rings (SSSR count). The number of amides is 1. The molecule has 1 amide bonds. The Morgan fingerprint density at radius 3 is 2.42 bits per heavy atom. The molecule has 0 aliphatic carbocycles. The van der Waals surface area contributed by atoms with E-state index in [4.69, 9.17) is 5.73 Å². The average Bonchev–Trinajstić information content (AvgIpc) is 1.85. The molecule has 0 aromatic rings. The van der Waals surface area contributed by atoms with Crippen LogP contribution in [0, 0.1) is 0 Å². The molecule has 0 aliphatic heterocycles. The summed E-state index contributed by atoms with van der Waals surface area (Å²) in [6.07, 6.45) is -0.147. The highest BCUT2D eigenvalue weighted by molar-refractivity contribution is 7.81. The topological polar surface area (TPSA) is 95.7 Å². The van der Waals surface area contributed by atoms with Gasteiger partial charge in [-0.2, -0.15) is 8.42 Å². The molecule has 0 saturated carbocycles. The maximum absolute atomic E-state index is 10.6. The SMILES string of the molecule is CCOS(=O)(=O)OCCC(N)=O. The van der Waals surface area contributed by atoms with E-state index in [-0.39, 0.29) is 19.6 Å². The molecule has 0 aromatic carbocycles. The van der Waals surface area contributed by atoms with Gasteiger partial charge in [-0.25, -0.2) is 8.37 Å². The maximum Gasteiger partial charge on any atom is 0.399 e. The second-order valence-corrected chi connectivity index (χ2v) is 3.14. The highest BCUT2D eigenvalue weighted by Crippen LogP contribution is 1.95. The first-order valence-corrected chi connectivity index (χ1v) is 4.63. The largest absolute Gasteiger partial charge is 0.399 e. The summed E-state index contributed by atoms with van der Waals surface area (Å²) in [7, 11) is -3.94. The van der Waals surface area contributed by atoms with Gasteiger partial charge in [0.25, 0.3) is 0 Å². The van der Waals surface area contributed by atoms with E-state index < -0.39 is 16.3 Å². The van der Waals surface area contributed by atoms with E-state index >= 15 is 0 Å². The fraction of sp³-hybridized carbons (Fsp3) is 0.800. The van der Waals surface area contributed by atoms with Gasteiger partial charge in [-0.15, -0.1) is 0 Å². The summed E-state index contributed by atoms with van der Waals surface area (Å²) in [5, 5.41) is 0. The van der Waals surface area contributed by atoms with Crippen LogP contribution in [0.2, 0.25) is 0 Å². The molecule has 6 nitrogen and oxygen atoms in total. The molecule has 0 saturated heterocycles. The number of hydrogen-bond donors (Lipinski definition) is 1. The van der Waals surface area contributed by atoms with E-state index in [2.05, 4.69) is 8.37 Å². The lowest BCUT2D eigenvalue weighted by atomic mass is 10.4. The number of hydrogen-bond acceptors (Lipinski definition) is 5. The second kappa shape index (κ2) is 5.07. The molecular weight excluding hydrogens is 186 g/mol. The van der Waals surface area contributed by atoms with Crippen molar-refractivity contribution in [2.24, 2.45) is 5.73 Å². The zero-order chi connectivity index (χ0) is 9.61. The molecule has 0 atom stereocenters. The van der Waals surface area contributed by atoms with Gasteiger partial charge in [0.15, 0.2) is 0 Å². The number of nitrogens with two attached hydrogens (primary N) is 1. The fourth-order valence-corrected chi connectivity index (χ4v) is 1.07. The minimum absolute atomic E-state index is 0.00109. The molecule has 0 heterocycles. The van der Waals surface area contributed by atoms with Crippen molar-refractivity contribution in [1.29, 1.82) is 0 Å². The zero-order valence-corrected chi connectivity index (χ0v) is 7.46. The highest BCUT2D eigenvalue weighted by Gasteiger charge is 2.10. The summed E-state index contributed by atoms with van der Waals surface area (Å²) in [4.78, 5) is 10.1. The van der Waals surface area contributed by atoms with Crippen LogP contribution in [-0.2, 0) is 23.6 Å². The molecule has 0 bridgehead atoms. The van der Waals surface area contributed by atoms with E-state index in [1.807, 2.05) is 0 Å². The highest BCUT2D eigenvalue weighted by atomic mass is 32.3. The van der Waals surface area contributed by atoms with Crippen molar-refractivity contribution in [2.75, 3.05) is 13.2 Å². The van der Waals surface area contributed by atoms with E-state index in [1.54, 1.807) is 0 Å². The van der Waals surface area contributed by atoms with Crippen LogP contribution in [0.25, 0.3) is 0 Å². The summed E-state index contributed by atoms with van der Waals surface area (Å²) in [5.41, 5.74) is 4.74. The number of carbonyl (C=O) groups excluding carboxylic acids is 1. The third-order valence-electron chi connectivity index (χ3n) is 0.838. The quantitative estimate of drug-likeness (QED) is 0.599. The maximum atomic E-state index is 10.6. The lowest BCUT2D eigenvalue weighted by Crippen LogP contribution is -2.17. The van der Waals surface area contributed by atoms with E-state index in [1.165, 1.54) is 6.92 Å². The molecule has 72 valence electrons. The van der Waals surface area contributed by atoms with Gasteiger partial charge < -0.3 is 5.73 Å². The Balaban J connectivity index is 3.69. The Morgan fingerprint density at radius 1 is 1.42 bits per heavy atom. The van der Waals surface area contributed by atoms with Gasteiger partial charge in [0.2, 0.25) is 5.91 Å². The molecule has 0 fully saturated rings. The summed E-state index contributed by atoms with van der Waals surface area (Å²) < 4.78 is 29.7. The van der Waals surface area contributed by atoms with Gasteiger partial charge in [-0.05, 0) is 6.92 Å². The first-order chi connectivity index (χ1) is 5.48. The lowest BCUT2D eigenvalue weighted by Gasteiger charge is -2.01. The van der Waals surface area contributed by atoms with Gasteiger partial charge in [0.1, 0.15) is 0 Å². The molecule has 12 heavy (non-hydrogen) atoms. The molecule has 0 radical (unpaired) electrons. The van der Waals surface area contributed by atoms with Crippen LogP contribution in [-0.4, -0.2) is 27.5 Å². The van der Waals surface area contributed by atoms with Crippen LogP contribution in [0.4, 0.5) is 0 Å². The molecular formula is C5H11NO5S. The first kappa shape index (κ1) is 11.3. The van der Waals surface area contributed by atoms with E-state index in [0.29, 0.717) is 0 Å². The molecule has 0 aliphatic rings. The van der Waals surface area contributed by atoms with Crippen LogP contribution >= 0.6 is 0 Å². The second-order valence-electron chi connectivity index (χ2n) is 1.85. The Kier molecular flexibility index (Phi) is 4.79. The summed E-state index contributed by atoms with van der Waals surface area (Å²) in [6.45, 7) is 1.23. The van der Waals surface area contributed by atoms with Crippen LogP contribution < -0.4 is 5.73 Å². The minimum atomic E-state index is -3.94. The summed E-state index contributed by atoms with van der Waals surface area (Å²) in [6, 6.07) is 0. The molecule has 2 N–H and O–H groups in total. The summed E-state index contributed by atoms with van der Waals surface area (Å²) in [5.74, 6) is -0.623. The van der Waals surface area contributed by atoms with Gasteiger partial charge in [0.05, 0.1) is 19.6 Å². The van der Waals surface area contributed by atoms with Crippen molar-refractivity contribution in [3.63, 3.8) is 0 Å². The number of carbonyl (C=O) groups is 1. The summed E-state index contributed by atoms with van der Waals surface area (Å²) >= 11 is 0. The molecule has 0 unspecified atom stereocenters. The average molecular weight is 197 g/mol. The Bertz CT molecular complexity index is 234. The van der Waals surface area contributed by atoms with Crippen LogP contribution in [0.1, 0.15) is 13.3 Å². The predicted molar refractivity (Wildman–Crippen MR) is 40.3 cm³/mol. The molecule has 7 heteroatoms. The van der Waals surface area contributed by atoms with E-state index in [9.17, 15) is 13.2 Å². The molecule has 0 spiro atoms. The van der Waals surface area contributed by atoms with Crippen molar-refractivity contribution in [3.05, 3.63) is 0 Å². The normalized spacial score (nSPS) is 11.4. The monoisotopic (exact) mass is 197 g/mol. The Labute approximate surface area is 71.0 Å². The molecule has 0 aromatic heterocycles. The lowest BCUT2D eigenvalue weighted by molar-refractivity contribution is -0.118. The van der Waals surface area contributed by atoms with Gasteiger partial charge in [-0.1, -0.05) is 0 Å². The fourth-order valence-electron chi connectivity index (χ4n) is 0.423. The third-order valence-corrected chi connectivity index (χ3v) is 1.82. The zero-order valence-electron chi connectivity index (χ0n) is 6.65. The van der Waals surface area contributed by atoms with Crippen LogP contribution in [0.5, 0.6) is 0 Å². The van der Waals surface area contributed by atoms with Crippen LogP contribution in [0.3, 0.4) is 0 Å². The minimum Gasteiger partial charge on any atom is -0.370 e. The smallest absolute Gasteiger partial charge is 0.370 e. The van der Waals surface area contributed by atoms with Gasteiger partial charge in [-0.3, -0.25) is 4.79 Å². The van der Waals surface area contributed by atoms with Crippen LogP contribution in [0.15, 0.2) is 0 Å². The number of rotatable bonds is 6.